The monoisotopic (exact) mass is 358 g/mol. The normalized spacial score (nSPS) is 13.5. The third kappa shape index (κ3) is 3.59. The summed E-state index contributed by atoms with van der Waals surface area (Å²) in [7, 11) is -3.86. The Morgan fingerprint density at radius 2 is 1.50 bits per heavy atom. The minimum atomic E-state index is -4.49. The lowest BCUT2D eigenvalue weighted by Gasteiger charge is -2.15. The number of hydrogen-bond acceptors (Lipinski definition) is 3. The highest BCUT2D eigenvalue weighted by Crippen LogP contribution is 2.33. The van der Waals surface area contributed by atoms with E-state index in [0.717, 1.165) is 36.4 Å². The maximum absolute atomic E-state index is 12.6. The molecular formula is C16H13F3O4S. The van der Waals surface area contributed by atoms with Crippen LogP contribution in [-0.4, -0.2) is 19.5 Å². The number of benzene rings is 2. The minimum Gasteiger partial charge on any atom is -0.478 e. The van der Waals surface area contributed by atoms with Gasteiger partial charge in [-0.3, -0.25) is 0 Å². The summed E-state index contributed by atoms with van der Waals surface area (Å²) in [6, 6.07) is 8.55. The van der Waals surface area contributed by atoms with E-state index >= 15 is 0 Å². The number of sulfone groups is 1. The molecule has 24 heavy (non-hydrogen) atoms. The highest BCUT2D eigenvalue weighted by molar-refractivity contribution is 7.91. The van der Waals surface area contributed by atoms with E-state index in [1.165, 1.54) is 19.1 Å². The van der Waals surface area contributed by atoms with Gasteiger partial charge in [0.25, 0.3) is 0 Å². The molecule has 0 bridgehead atoms. The van der Waals surface area contributed by atoms with Crippen LogP contribution in [0.5, 0.6) is 0 Å². The fraction of sp³-hybridized carbons (Fsp3) is 0.188. The van der Waals surface area contributed by atoms with Gasteiger partial charge in [0.15, 0.2) is 9.84 Å². The predicted molar refractivity (Wildman–Crippen MR) is 80.4 cm³/mol. The molecular weight excluding hydrogens is 345 g/mol. The highest BCUT2D eigenvalue weighted by atomic mass is 32.2. The van der Waals surface area contributed by atoms with Crippen LogP contribution in [0.15, 0.2) is 53.4 Å². The topological polar surface area (TPSA) is 71.4 Å². The summed E-state index contributed by atoms with van der Waals surface area (Å²) in [5.74, 6) is -1.19. The first-order chi connectivity index (χ1) is 11.0. The second-order valence-electron chi connectivity index (χ2n) is 5.14. The largest absolute Gasteiger partial charge is 0.478 e. The predicted octanol–water partition coefficient (Wildman–Crippen LogP) is 3.94. The van der Waals surface area contributed by atoms with E-state index in [4.69, 9.17) is 5.11 Å². The lowest BCUT2D eigenvalue weighted by molar-refractivity contribution is -0.137. The second kappa shape index (κ2) is 6.27. The molecule has 0 fully saturated rings. The zero-order chi connectivity index (χ0) is 18.1. The van der Waals surface area contributed by atoms with Crippen molar-refractivity contribution >= 4 is 15.8 Å². The first-order valence-corrected chi connectivity index (χ1v) is 8.32. The lowest BCUT2D eigenvalue weighted by Crippen LogP contribution is -2.12. The van der Waals surface area contributed by atoms with E-state index in [2.05, 4.69) is 0 Å². The molecule has 1 unspecified atom stereocenters. The van der Waals surface area contributed by atoms with Crippen molar-refractivity contribution in [1.82, 2.24) is 0 Å². The fourth-order valence-electron chi connectivity index (χ4n) is 2.11. The Labute approximate surface area is 136 Å². The van der Waals surface area contributed by atoms with E-state index in [0.29, 0.717) is 0 Å². The quantitative estimate of drug-likeness (QED) is 0.899. The van der Waals surface area contributed by atoms with Crippen molar-refractivity contribution in [1.29, 1.82) is 0 Å². The van der Waals surface area contributed by atoms with Crippen molar-refractivity contribution in [3.05, 3.63) is 65.2 Å². The van der Waals surface area contributed by atoms with Gasteiger partial charge < -0.3 is 5.11 Å². The Kier molecular flexibility index (Phi) is 4.70. The molecule has 0 aliphatic carbocycles. The Morgan fingerprint density at radius 3 is 1.92 bits per heavy atom. The molecule has 0 amide bonds. The van der Waals surface area contributed by atoms with Gasteiger partial charge in [-0.05, 0) is 48.9 Å². The van der Waals surface area contributed by atoms with Crippen LogP contribution in [0.3, 0.4) is 0 Å². The summed E-state index contributed by atoms with van der Waals surface area (Å²) in [6.45, 7) is 1.36. The molecule has 2 aromatic carbocycles. The maximum Gasteiger partial charge on any atom is 0.416 e. The summed E-state index contributed by atoms with van der Waals surface area (Å²) in [4.78, 5) is 10.7. The lowest BCUT2D eigenvalue weighted by atomic mass is 10.1. The Morgan fingerprint density at radius 1 is 1.00 bits per heavy atom. The fourth-order valence-corrected chi connectivity index (χ4v) is 3.55. The van der Waals surface area contributed by atoms with E-state index in [1.54, 1.807) is 0 Å². The van der Waals surface area contributed by atoms with Gasteiger partial charge in [0.1, 0.15) is 0 Å². The second-order valence-corrected chi connectivity index (χ2v) is 7.41. The van der Waals surface area contributed by atoms with Crippen molar-refractivity contribution in [3.63, 3.8) is 0 Å². The van der Waals surface area contributed by atoms with Gasteiger partial charge in [-0.25, -0.2) is 13.2 Å². The molecule has 0 saturated heterocycles. The van der Waals surface area contributed by atoms with Gasteiger partial charge in [0.2, 0.25) is 0 Å². The summed E-state index contributed by atoms with van der Waals surface area (Å²) in [5.41, 5.74) is -0.705. The molecule has 0 aliphatic rings. The van der Waals surface area contributed by atoms with Crippen LogP contribution < -0.4 is 0 Å². The molecule has 4 nitrogen and oxygen atoms in total. The van der Waals surface area contributed by atoms with Gasteiger partial charge in [-0.2, -0.15) is 13.2 Å². The molecule has 0 aliphatic heterocycles. The van der Waals surface area contributed by atoms with E-state index < -0.39 is 32.8 Å². The molecule has 0 spiro atoms. The van der Waals surface area contributed by atoms with Gasteiger partial charge >= 0.3 is 12.1 Å². The van der Waals surface area contributed by atoms with Crippen molar-refractivity contribution < 1.29 is 31.5 Å². The first kappa shape index (κ1) is 18.0. The Balaban J connectivity index is 2.33. The third-order valence-corrected chi connectivity index (χ3v) is 5.73. The van der Waals surface area contributed by atoms with Crippen LogP contribution in [0, 0.1) is 0 Å². The van der Waals surface area contributed by atoms with Crippen LogP contribution in [0.2, 0.25) is 0 Å². The van der Waals surface area contributed by atoms with Gasteiger partial charge in [-0.15, -0.1) is 0 Å². The van der Waals surface area contributed by atoms with Crippen LogP contribution in [0.1, 0.15) is 33.7 Å². The number of carboxylic acid groups (broad SMARTS) is 1. The van der Waals surface area contributed by atoms with Crippen molar-refractivity contribution in [2.75, 3.05) is 0 Å². The number of hydrogen-bond donors (Lipinski definition) is 1. The molecule has 1 atom stereocenters. The first-order valence-electron chi connectivity index (χ1n) is 6.78. The van der Waals surface area contributed by atoms with Crippen molar-refractivity contribution in [2.24, 2.45) is 0 Å². The van der Waals surface area contributed by atoms with Crippen LogP contribution in [0.25, 0.3) is 0 Å². The molecule has 0 radical (unpaired) electrons. The molecule has 2 aromatic rings. The number of alkyl halides is 3. The van der Waals surface area contributed by atoms with E-state index in [1.807, 2.05) is 0 Å². The van der Waals surface area contributed by atoms with Crippen molar-refractivity contribution in [3.8, 4) is 0 Å². The standard InChI is InChI=1S/C16H13F3O4S/c1-10(11-2-6-13(7-3-11)16(17,18)19)24(22,23)14-8-4-12(5-9-14)15(20)21/h2-10H,1H3,(H,20,21). The number of carbonyl (C=O) groups is 1. The number of aromatic carboxylic acids is 1. The van der Waals surface area contributed by atoms with Crippen LogP contribution >= 0.6 is 0 Å². The van der Waals surface area contributed by atoms with Crippen LogP contribution in [-0.2, 0) is 16.0 Å². The van der Waals surface area contributed by atoms with E-state index in [9.17, 15) is 26.4 Å². The van der Waals surface area contributed by atoms with Gasteiger partial charge in [0.05, 0.1) is 21.3 Å². The smallest absolute Gasteiger partial charge is 0.416 e. The molecule has 0 aromatic heterocycles. The van der Waals surface area contributed by atoms with E-state index in [-0.39, 0.29) is 16.0 Å². The summed E-state index contributed by atoms with van der Waals surface area (Å²) in [6.07, 6.45) is -4.49. The molecule has 128 valence electrons. The number of carboxylic acids is 1. The molecule has 0 saturated carbocycles. The Hall–Kier alpha value is -2.35. The van der Waals surface area contributed by atoms with Gasteiger partial charge in [-0.1, -0.05) is 12.1 Å². The molecule has 0 heterocycles. The summed E-state index contributed by atoms with van der Waals surface area (Å²) in [5, 5.41) is 7.74. The Bertz CT molecular complexity index is 838. The van der Waals surface area contributed by atoms with Crippen molar-refractivity contribution in [2.45, 2.75) is 23.2 Å². The summed E-state index contributed by atoms with van der Waals surface area (Å²) < 4.78 is 62.7. The average Bonchev–Trinajstić information content (AvgIpc) is 2.53. The maximum atomic E-state index is 12.6. The number of halogens is 3. The third-order valence-electron chi connectivity index (χ3n) is 3.60. The molecule has 8 heteroatoms. The molecule has 2 rings (SSSR count). The van der Waals surface area contributed by atoms with Crippen LogP contribution in [0.4, 0.5) is 13.2 Å². The summed E-state index contributed by atoms with van der Waals surface area (Å²) >= 11 is 0. The highest BCUT2D eigenvalue weighted by Gasteiger charge is 2.31. The molecule has 1 N–H and O–H groups in total. The SMILES string of the molecule is CC(c1ccc(C(F)(F)F)cc1)S(=O)(=O)c1ccc(C(=O)O)cc1. The van der Waals surface area contributed by atoms with Gasteiger partial charge in [0, 0.05) is 0 Å². The average molecular weight is 358 g/mol. The number of rotatable bonds is 4. The minimum absolute atomic E-state index is 0.0591. The zero-order valence-electron chi connectivity index (χ0n) is 12.4. The zero-order valence-corrected chi connectivity index (χ0v) is 13.2.